The van der Waals surface area contributed by atoms with Crippen molar-refractivity contribution in [2.24, 2.45) is 0 Å². The Morgan fingerprint density at radius 2 is 1.80 bits per heavy atom. The molecule has 6 nitrogen and oxygen atoms in total. The van der Waals surface area contributed by atoms with Gasteiger partial charge in [0.25, 0.3) is 0 Å². The van der Waals surface area contributed by atoms with Gasteiger partial charge < -0.3 is 10.1 Å². The average Bonchev–Trinajstić information content (AvgIpc) is 2.75. The van der Waals surface area contributed by atoms with Crippen LogP contribution in [0.3, 0.4) is 0 Å². The highest BCUT2D eigenvalue weighted by Crippen LogP contribution is 2.29. The first-order valence-electron chi connectivity index (χ1n) is 9.92. The summed E-state index contributed by atoms with van der Waals surface area (Å²) in [6.07, 6.45) is 5.08. The zero-order valence-corrected chi connectivity index (χ0v) is 18.2. The molecule has 2 N–H and O–H groups in total. The highest BCUT2D eigenvalue weighted by atomic mass is 35.5. The number of pyridine rings is 1. The van der Waals surface area contributed by atoms with Gasteiger partial charge in [-0.3, -0.25) is 4.98 Å². The van der Waals surface area contributed by atoms with E-state index in [1.165, 1.54) is 13.2 Å². The fourth-order valence-corrected chi connectivity index (χ4v) is 5.38. The second-order valence-electron chi connectivity index (χ2n) is 7.51. The number of methoxy groups -OCH3 is 1. The Morgan fingerprint density at radius 1 is 1.03 bits per heavy atom. The summed E-state index contributed by atoms with van der Waals surface area (Å²) in [5.41, 5.74) is 1.88. The second-order valence-corrected chi connectivity index (χ2v) is 9.66. The Hall–Kier alpha value is -2.35. The number of benzene rings is 2. The van der Waals surface area contributed by atoms with Crippen LogP contribution in [0.2, 0.25) is 5.02 Å². The van der Waals surface area contributed by atoms with Crippen LogP contribution in [0.25, 0.3) is 10.9 Å². The average molecular weight is 446 g/mol. The van der Waals surface area contributed by atoms with Crippen LogP contribution in [0.5, 0.6) is 5.75 Å². The van der Waals surface area contributed by atoms with Crippen molar-refractivity contribution in [2.45, 2.75) is 42.7 Å². The van der Waals surface area contributed by atoms with Crippen LogP contribution in [-0.4, -0.2) is 32.6 Å². The largest absolute Gasteiger partial charge is 0.497 e. The van der Waals surface area contributed by atoms with E-state index in [0.29, 0.717) is 10.8 Å². The molecule has 1 saturated carbocycles. The molecule has 4 rings (SSSR count). The molecule has 3 aromatic rings. The number of halogens is 1. The Labute approximate surface area is 181 Å². The number of nitrogens with zero attached hydrogens (tertiary/aromatic N) is 1. The van der Waals surface area contributed by atoms with Crippen LogP contribution in [0.1, 0.15) is 25.7 Å². The molecule has 0 radical (unpaired) electrons. The van der Waals surface area contributed by atoms with E-state index in [4.69, 9.17) is 16.3 Å². The molecule has 0 bridgehead atoms. The van der Waals surface area contributed by atoms with Gasteiger partial charge in [-0.2, -0.15) is 0 Å². The van der Waals surface area contributed by atoms with Gasteiger partial charge in [0.05, 0.1) is 17.5 Å². The molecule has 1 fully saturated rings. The summed E-state index contributed by atoms with van der Waals surface area (Å²) in [5, 5.41) is 5.29. The molecule has 0 spiro atoms. The number of aromatic nitrogens is 1. The quantitative estimate of drug-likeness (QED) is 0.579. The molecule has 0 aliphatic heterocycles. The maximum absolute atomic E-state index is 12.7. The minimum absolute atomic E-state index is 0.0766. The minimum atomic E-state index is -3.57. The fourth-order valence-electron chi connectivity index (χ4n) is 3.88. The number of nitrogens with one attached hydrogen (secondary N) is 2. The molecule has 2 aromatic carbocycles. The van der Waals surface area contributed by atoms with Gasteiger partial charge in [-0.15, -0.1) is 0 Å². The normalized spacial score (nSPS) is 19.5. The zero-order chi connectivity index (χ0) is 21.1. The van der Waals surface area contributed by atoms with Crippen molar-refractivity contribution in [1.82, 2.24) is 9.71 Å². The van der Waals surface area contributed by atoms with Crippen molar-refractivity contribution < 1.29 is 13.2 Å². The number of sulfonamides is 1. The third kappa shape index (κ3) is 4.69. The van der Waals surface area contributed by atoms with Gasteiger partial charge in [0.1, 0.15) is 5.75 Å². The summed E-state index contributed by atoms with van der Waals surface area (Å²) in [7, 11) is -2.05. The van der Waals surface area contributed by atoms with Gasteiger partial charge in [0.2, 0.25) is 10.0 Å². The monoisotopic (exact) mass is 445 g/mol. The first kappa shape index (κ1) is 20.9. The molecule has 30 heavy (non-hydrogen) atoms. The summed E-state index contributed by atoms with van der Waals surface area (Å²) in [6.45, 7) is 0. The molecular formula is C22H24ClN3O3S. The van der Waals surface area contributed by atoms with Crippen molar-refractivity contribution in [3.63, 3.8) is 0 Å². The highest BCUT2D eigenvalue weighted by Gasteiger charge is 2.26. The lowest BCUT2D eigenvalue weighted by molar-refractivity contribution is 0.387. The summed E-state index contributed by atoms with van der Waals surface area (Å²) in [4.78, 5) is 4.61. The van der Waals surface area contributed by atoms with Crippen LogP contribution in [0.15, 0.2) is 59.6 Å². The smallest absolute Gasteiger partial charge is 0.240 e. The molecule has 8 heteroatoms. The third-order valence-electron chi connectivity index (χ3n) is 5.46. The highest BCUT2D eigenvalue weighted by molar-refractivity contribution is 7.89. The lowest BCUT2D eigenvalue weighted by atomic mass is 9.91. The van der Waals surface area contributed by atoms with Gasteiger partial charge in [0.15, 0.2) is 0 Å². The maximum atomic E-state index is 12.7. The van der Waals surface area contributed by atoms with Crippen molar-refractivity contribution in [1.29, 1.82) is 0 Å². The molecule has 1 heterocycles. The molecule has 1 aliphatic carbocycles. The minimum Gasteiger partial charge on any atom is -0.497 e. The van der Waals surface area contributed by atoms with E-state index in [1.807, 2.05) is 24.3 Å². The number of fused-ring (bicyclic) bond motifs is 1. The molecular weight excluding hydrogens is 422 g/mol. The van der Waals surface area contributed by atoms with Crippen LogP contribution in [0.4, 0.5) is 5.69 Å². The van der Waals surface area contributed by atoms with Crippen LogP contribution in [-0.2, 0) is 10.0 Å². The third-order valence-corrected chi connectivity index (χ3v) is 7.22. The molecule has 0 saturated heterocycles. The molecule has 1 aliphatic rings. The van der Waals surface area contributed by atoms with E-state index in [-0.39, 0.29) is 17.0 Å². The van der Waals surface area contributed by atoms with Gasteiger partial charge in [-0.1, -0.05) is 17.7 Å². The molecule has 0 atom stereocenters. The first-order valence-corrected chi connectivity index (χ1v) is 11.8. The predicted molar refractivity (Wildman–Crippen MR) is 120 cm³/mol. The Balaban J connectivity index is 1.38. The summed E-state index contributed by atoms with van der Waals surface area (Å²) in [5.74, 6) is 0.525. The lowest BCUT2D eigenvalue weighted by Gasteiger charge is -2.30. The van der Waals surface area contributed by atoms with Crippen molar-refractivity contribution in [3.8, 4) is 5.75 Å². The van der Waals surface area contributed by atoms with E-state index in [1.54, 1.807) is 24.4 Å². The lowest BCUT2D eigenvalue weighted by Crippen LogP contribution is -2.40. The molecule has 0 unspecified atom stereocenters. The van der Waals surface area contributed by atoms with E-state index in [0.717, 1.165) is 42.3 Å². The number of rotatable bonds is 6. The molecule has 1 aromatic heterocycles. The van der Waals surface area contributed by atoms with Gasteiger partial charge in [-0.25, -0.2) is 13.1 Å². The van der Waals surface area contributed by atoms with Crippen LogP contribution >= 0.6 is 11.6 Å². The van der Waals surface area contributed by atoms with E-state index in [2.05, 4.69) is 15.0 Å². The summed E-state index contributed by atoms with van der Waals surface area (Å²) >= 11 is 6.07. The second kappa shape index (κ2) is 8.79. The number of hydrogen-bond donors (Lipinski definition) is 2. The van der Waals surface area contributed by atoms with Crippen molar-refractivity contribution in [3.05, 3.63) is 59.8 Å². The van der Waals surface area contributed by atoms with Gasteiger partial charge in [-0.05, 0) is 62.1 Å². The number of hydrogen-bond acceptors (Lipinski definition) is 5. The Bertz CT molecular complexity index is 1150. The van der Waals surface area contributed by atoms with Gasteiger partial charge >= 0.3 is 0 Å². The topological polar surface area (TPSA) is 80.3 Å². The zero-order valence-electron chi connectivity index (χ0n) is 16.6. The van der Waals surface area contributed by atoms with Gasteiger partial charge in [0, 0.05) is 40.4 Å². The number of ether oxygens (including phenoxy) is 1. The fraction of sp³-hybridized carbons (Fsp3) is 0.318. The Kier molecular flexibility index (Phi) is 6.13. The van der Waals surface area contributed by atoms with Crippen LogP contribution in [0, 0.1) is 0 Å². The standard InChI is InChI=1S/C22H24ClN3O3S/c1-29-18-3-2-4-19(14-18)30(27,28)26-17-8-6-16(7-9-17)25-21-11-12-24-22-13-15(23)5-10-20(21)22/h2-5,10-14,16-17,26H,6-9H2,1H3,(H,24,25). The van der Waals surface area contributed by atoms with Crippen LogP contribution < -0.4 is 14.8 Å². The summed E-state index contributed by atoms with van der Waals surface area (Å²) < 4.78 is 33.4. The summed E-state index contributed by atoms with van der Waals surface area (Å²) in [6, 6.07) is 14.4. The SMILES string of the molecule is COc1cccc(S(=O)(=O)NC2CCC(Nc3ccnc4cc(Cl)ccc34)CC2)c1. The van der Waals surface area contributed by atoms with E-state index >= 15 is 0 Å². The molecule has 0 amide bonds. The Morgan fingerprint density at radius 3 is 2.57 bits per heavy atom. The number of anilines is 1. The molecule has 158 valence electrons. The van der Waals surface area contributed by atoms with E-state index in [9.17, 15) is 8.42 Å². The maximum Gasteiger partial charge on any atom is 0.240 e. The van der Waals surface area contributed by atoms with Crippen molar-refractivity contribution >= 4 is 38.2 Å². The van der Waals surface area contributed by atoms with Crippen molar-refractivity contribution in [2.75, 3.05) is 12.4 Å². The van der Waals surface area contributed by atoms with E-state index < -0.39 is 10.0 Å². The first-order chi connectivity index (χ1) is 14.4. The predicted octanol–water partition coefficient (Wildman–Crippen LogP) is 4.60.